The van der Waals surface area contributed by atoms with Gasteiger partial charge in [-0.1, -0.05) is 42.5 Å². The first-order chi connectivity index (χ1) is 14.8. The van der Waals surface area contributed by atoms with Crippen molar-refractivity contribution in [2.24, 2.45) is 0 Å². The molecular weight excluding hydrogens is 400 g/mol. The number of likely N-dealkylation sites (tertiary alicyclic amines) is 1. The SMILES string of the molecule is CC(=O)N1C[C@H](O)C[C@H]1C(=O)N[C@H](Cc1cccc(OCc2ccccc2)c1)C(=O)O. The highest BCUT2D eigenvalue weighted by Crippen LogP contribution is 2.20. The van der Waals surface area contributed by atoms with E-state index in [2.05, 4.69) is 5.32 Å². The van der Waals surface area contributed by atoms with Gasteiger partial charge in [0, 0.05) is 26.3 Å². The Kier molecular flexibility index (Phi) is 7.25. The number of rotatable bonds is 8. The van der Waals surface area contributed by atoms with Crippen molar-refractivity contribution in [2.45, 2.75) is 44.6 Å². The van der Waals surface area contributed by atoms with Gasteiger partial charge in [-0.25, -0.2) is 4.79 Å². The van der Waals surface area contributed by atoms with Crippen molar-refractivity contribution in [3.63, 3.8) is 0 Å². The van der Waals surface area contributed by atoms with E-state index in [9.17, 15) is 24.6 Å². The number of benzene rings is 2. The van der Waals surface area contributed by atoms with Crippen LogP contribution >= 0.6 is 0 Å². The van der Waals surface area contributed by atoms with Crippen molar-refractivity contribution in [3.8, 4) is 5.75 Å². The second kappa shape index (κ2) is 10.1. The number of amides is 2. The summed E-state index contributed by atoms with van der Waals surface area (Å²) in [5, 5.41) is 21.9. The van der Waals surface area contributed by atoms with Gasteiger partial charge in [0.25, 0.3) is 0 Å². The molecule has 1 heterocycles. The highest BCUT2D eigenvalue weighted by atomic mass is 16.5. The van der Waals surface area contributed by atoms with Gasteiger partial charge in [-0.2, -0.15) is 0 Å². The van der Waals surface area contributed by atoms with E-state index in [1.165, 1.54) is 11.8 Å². The molecule has 0 bridgehead atoms. The van der Waals surface area contributed by atoms with Crippen LogP contribution in [-0.2, 0) is 27.4 Å². The summed E-state index contributed by atoms with van der Waals surface area (Å²) >= 11 is 0. The second-order valence-electron chi connectivity index (χ2n) is 7.60. The molecule has 0 unspecified atom stereocenters. The molecule has 31 heavy (non-hydrogen) atoms. The predicted octanol–water partition coefficient (Wildman–Crippen LogP) is 1.36. The van der Waals surface area contributed by atoms with E-state index in [0.29, 0.717) is 17.9 Å². The first-order valence-corrected chi connectivity index (χ1v) is 10.1. The smallest absolute Gasteiger partial charge is 0.326 e. The molecular formula is C23H26N2O6. The molecule has 0 spiro atoms. The molecule has 2 aromatic rings. The van der Waals surface area contributed by atoms with Crippen molar-refractivity contribution < 1.29 is 29.3 Å². The molecule has 1 fully saturated rings. The van der Waals surface area contributed by atoms with Crippen LogP contribution in [0.4, 0.5) is 0 Å². The van der Waals surface area contributed by atoms with Crippen LogP contribution < -0.4 is 10.1 Å². The van der Waals surface area contributed by atoms with Gasteiger partial charge in [0.15, 0.2) is 0 Å². The molecule has 8 nitrogen and oxygen atoms in total. The lowest BCUT2D eigenvalue weighted by atomic mass is 10.0. The van der Waals surface area contributed by atoms with E-state index in [1.54, 1.807) is 24.3 Å². The quantitative estimate of drug-likeness (QED) is 0.587. The van der Waals surface area contributed by atoms with Gasteiger partial charge in [0.2, 0.25) is 11.8 Å². The van der Waals surface area contributed by atoms with E-state index in [-0.39, 0.29) is 25.3 Å². The van der Waals surface area contributed by atoms with Crippen LogP contribution in [0.25, 0.3) is 0 Å². The molecule has 1 aliphatic rings. The number of hydrogen-bond acceptors (Lipinski definition) is 5. The summed E-state index contributed by atoms with van der Waals surface area (Å²) in [5.41, 5.74) is 1.70. The second-order valence-corrected chi connectivity index (χ2v) is 7.60. The standard InChI is InChI=1S/C23H26N2O6/c1-15(26)25-13-18(27)12-21(25)22(28)24-20(23(29)30)11-17-8-5-9-19(10-17)31-14-16-6-3-2-4-7-16/h2-10,18,20-21,27H,11-14H2,1H3,(H,24,28)(H,29,30)/t18-,20-,21+/m1/s1. The summed E-state index contributed by atoms with van der Waals surface area (Å²) < 4.78 is 5.78. The number of aliphatic hydroxyl groups is 1. The molecule has 3 N–H and O–H groups in total. The summed E-state index contributed by atoms with van der Waals surface area (Å²) in [4.78, 5) is 37.4. The number of nitrogens with one attached hydrogen (secondary N) is 1. The summed E-state index contributed by atoms with van der Waals surface area (Å²) in [6.07, 6.45) is -0.666. The van der Waals surface area contributed by atoms with Gasteiger partial charge >= 0.3 is 5.97 Å². The van der Waals surface area contributed by atoms with Crippen LogP contribution in [-0.4, -0.2) is 57.6 Å². The van der Waals surface area contributed by atoms with E-state index in [1.807, 2.05) is 30.3 Å². The average molecular weight is 426 g/mol. The summed E-state index contributed by atoms with van der Waals surface area (Å²) in [6.45, 7) is 1.76. The number of hydrogen-bond donors (Lipinski definition) is 3. The molecule has 164 valence electrons. The van der Waals surface area contributed by atoms with Crippen molar-refractivity contribution in [2.75, 3.05) is 6.54 Å². The fourth-order valence-corrected chi connectivity index (χ4v) is 3.62. The predicted molar refractivity (Wildman–Crippen MR) is 112 cm³/mol. The largest absolute Gasteiger partial charge is 0.489 e. The maximum atomic E-state index is 12.6. The molecule has 0 aromatic heterocycles. The van der Waals surface area contributed by atoms with Crippen LogP contribution in [0, 0.1) is 0 Å². The Balaban J connectivity index is 1.64. The lowest BCUT2D eigenvalue weighted by Crippen LogP contribution is -2.51. The number of carbonyl (C=O) groups is 3. The first-order valence-electron chi connectivity index (χ1n) is 10.1. The topological polar surface area (TPSA) is 116 Å². The van der Waals surface area contributed by atoms with Crippen LogP contribution in [0.15, 0.2) is 54.6 Å². The lowest BCUT2D eigenvalue weighted by Gasteiger charge is -2.24. The van der Waals surface area contributed by atoms with Crippen LogP contribution in [0.1, 0.15) is 24.5 Å². The number of ether oxygens (including phenoxy) is 1. The zero-order chi connectivity index (χ0) is 22.4. The lowest BCUT2D eigenvalue weighted by molar-refractivity contribution is -0.143. The number of β-amino-alcohol motifs (C(OH)–C–C–N with tert-alkyl or cyclic N) is 1. The Morgan fingerprint density at radius 1 is 1.13 bits per heavy atom. The number of carbonyl (C=O) groups excluding carboxylic acids is 2. The molecule has 2 amide bonds. The van der Waals surface area contributed by atoms with Gasteiger partial charge in [-0.05, 0) is 23.3 Å². The molecule has 8 heteroatoms. The molecule has 3 atom stereocenters. The van der Waals surface area contributed by atoms with Crippen molar-refractivity contribution >= 4 is 17.8 Å². The minimum atomic E-state index is -1.18. The third-order valence-corrected chi connectivity index (χ3v) is 5.19. The molecule has 2 aromatic carbocycles. The van der Waals surface area contributed by atoms with E-state index in [0.717, 1.165) is 5.56 Å². The van der Waals surface area contributed by atoms with E-state index < -0.39 is 30.1 Å². The van der Waals surface area contributed by atoms with Crippen LogP contribution in [0.3, 0.4) is 0 Å². The monoisotopic (exact) mass is 426 g/mol. The van der Waals surface area contributed by atoms with Crippen LogP contribution in [0.2, 0.25) is 0 Å². The molecule has 0 saturated carbocycles. The molecule has 0 aliphatic carbocycles. The Hall–Kier alpha value is -3.39. The third kappa shape index (κ3) is 6.05. The average Bonchev–Trinajstić information content (AvgIpc) is 3.15. The van der Waals surface area contributed by atoms with Gasteiger partial charge in [-0.3, -0.25) is 9.59 Å². The van der Waals surface area contributed by atoms with Gasteiger partial charge in [0.05, 0.1) is 6.10 Å². The number of carboxylic acids is 1. The highest BCUT2D eigenvalue weighted by Gasteiger charge is 2.38. The van der Waals surface area contributed by atoms with Crippen molar-refractivity contribution in [3.05, 3.63) is 65.7 Å². The fourth-order valence-electron chi connectivity index (χ4n) is 3.62. The summed E-state index contributed by atoms with van der Waals surface area (Å²) in [5.74, 6) is -1.52. The third-order valence-electron chi connectivity index (χ3n) is 5.19. The Labute approximate surface area is 180 Å². The number of aliphatic carboxylic acids is 1. The molecule has 0 radical (unpaired) electrons. The molecule has 1 saturated heterocycles. The normalized spacial score (nSPS) is 19.0. The van der Waals surface area contributed by atoms with Crippen molar-refractivity contribution in [1.29, 1.82) is 0 Å². The van der Waals surface area contributed by atoms with E-state index in [4.69, 9.17) is 4.74 Å². The van der Waals surface area contributed by atoms with E-state index >= 15 is 0 Å². The number of aliphatic hydroxyl groups excluding tert-OH is 1. The highest BCUT2D eigenvalue weighted by molar-refractivity contribution is 5.90. The zero-order valence-corrected chi connectivity index (χ0v) is 17.2. The summed E-state index contributed by atoms with van der Waals surface area (Å²) in [6, 6.07) is 14.7. The van der Waals surface area contributed by atoms with Gasteiger partial charge in [0.1, 0.15) is 24.4 Å². The number of carboxylic acid groups (broad SMARTS) is 1. The maximum absolute atomic E-state index is 12.6. The minimum Gasteiger partial charge on any atom is -0.489 e. The van der Waals surface area contributed by atoms with Gasteiger partial charge < -0.3 is 25.2 Å². The molecule has 3 rings (SSSR count). The molecule has 1 aliphatic heterocycles. The maximum Gasteiger partial charge on any atom is 0.326 e. The Morgan fingerprint density at radius 2 is 1.84 bits per heavy atom. The summed E-state index contributed by atoms with van der Waals surface area (Å²) in [7, 11) is 0. The van der Waals surface area contributed by atoms with Gasteiger partial charge in [-0.15, -0.1) is 0 Å². The fraction of sp³-hybridized carbons (Fsp3) is 0.348. The van der Waals surface area contributed by atoms with Crippen molar-refractivity contribution in [1.82, 2.24) is 10.2 Å². The Morgan fingerprint density at radius 3 is 2.52 bits per heavy atom. The number of nitrogens with zero attached hydrogens (tertiary/aromatic N) is 1. The van der Waals surface area contributed by atoms with Crippen LogP contribution in [0.5, 0.6) is 5.75 Å². The zero-order valence-electron chi connectivity index (χ0n) is 17.2. The Bertz CT molecular complexity index is 933. The minimum absolute atomic E-state index is 0.0545. The first kappa shape index (κ1) is 22.3.